The molecule has 0 bridgehead atoms. The van der Waals surface area contributed by atoms with Crippen LogP contribution >= 0.6 is 24.0 Å². The molecule has 0 radical (unpaired) electrons. The summed E-state index contributed by atoms with van der Waals surface area (Å²) in [7, 11) is 0. The van der Waals surface area contributed by atoms with E-state index >= 15 is 0 Å². The first kappa shape index (κ1) is 21.1. The number of halogens is 1. The number of ether oxygens (including phenoxy) is 2. The number of hydrogen-bond donors (Lipinski definition) is 2. The number of hydrogen-bond acceptors (Lipinski definition) is 4. The van der Waals surface area contributed by atoms with Gasteiger partial charge in [-0.25, -0.2) is 4.99 Å². The van der Waals surface area contributed by atoms with E-state index in [1.54, 1.807) is 0 Å². The lowest BCUT2D eigenvalue weighted by Gasteiger charge is -2.30. The van der Waals surface area contributed by atoms with Gasteiger partial charge in [-0.15, -0.1) is 24.0 Å². The summed E-state index contributed by atoms with van der Waals surface area (Å²) in [6.07, 6.45) is 2.64. The van der Waals surface area contributed by atoms with E-state index in [0.29, 0.717) is 13.3 Å². The van der Waals surface area contributed by atoms with Crippen molar-refractivity contribution < 1.29 is 9.47 Å². The van der Waals surface area contributed by atoms with Gasteiger partial charge in [0.2, 0.25) is 6.79 Å². The molecule has 0 aliphatic carbocycles. The fourth-order valence-corrected chi connectivity index (χ4v) is 3.17. The standard InChI is InChI=1S/C19H30N4O2.HI/c1-3-20-19(21-8-11-23-9-6-15(2)7-10-23)22-13-16-4-5-17-18(12-16)25-14-24-17;/h4-5,12,15H,3,6-11,13-14H2,1-2H3,(H2,20,21,22);1H. The quantitative estimate of drug-likeness (QED) is 0.378. The SMILES string of the molecule is CCNC(=NCc1ccc2c(c1)OCO2)NCCN1CCC(C)CC1.I. The number of benzene rings is 1. The van der Waals surface area contributed by atoms with Crippen LogP contribution in [0.1, 0.15) is 32.3 Å². The molecule has 1 saturated heterocycles. The maximum Gasteiger partial charge on any atom is 0.231 e. The minimum Gasteiger partial charge on any atom is -0.454 e. The number of fused-ring (bicyclic) bond motifs is 1. The van der Waals surface area contributed by atoms with Gasteiger partial charge in [0.05, 0.1) is 6.54 Å². The first-order valence-corrected chi connectivity index (χ1v) is 9.37. The van der Waals surface area contributed by atoms with Gasteiger partial charge in [0.25, 0.3) is 0 Å². The van der Waals surface area contributed by atoms with Crippen LogP contribution in [0.25, 0.3) is 0 Å². The fourth-order valence-electron chi connectivity index (χ4n) is 3.17. The van der Waals surface area contributed by atoms with Crippen molar-refractivity contribution in [2.24, 2.45) is 10.9 Å². The van der Waals surface area contributed by atoms with Crippen molar-refractivity contribution in [3.8, 4) is 11.5 Å². The van der Waals surface area contributed by atoms with Crippen molar-refractivity contribution >= 4 is 29.9 Å². The topological polar surface area (TPSA) is 58.1 Å². The van der Waals surface area contributed by atoms with Crippen molar-refractivity contribution in [3.05, 3.63) is 23.8 Å². The van der Waals surface area contributed by atoms with Gasteiger partial charge in [-0.1, -0.05) is 13.0 Å². The third-order valence-electron chi connectivity index (χ3n) is 4.80. The van der Waals surface area contributed by atoms with Gasteiger partial charge in [-0.05, 0) is 56.5 Å². The lowest BCUT2D eigenvalue weighted by molar-refractivity contribution is 0.174. The Morgan fingerprint density at radius 2 is 1.96 bits per heavy atom. The maximum atomic E-state index is 5.43. The van der Waals surface area contributed by atoms with Crippen molar-refractivity contribution in [2.75, 3.05) is 39.5 Å². The Bertz CT molecular complexity index is 589. The van der Waals surface area contributed by atoms with E-state index in [2.05, 4.69) is 34.4 Å². The summed E-state index contributed by atoms with van der Waals surface area (Å²) in [5.74, 6) is 3.37. The van der Waals surface area contributed by atoms with Crippen LogP contribution in [0.2, 0.25) is 0 Å². The first-order valence-electron chi connectivity index (χ1n) is 9.37. The zero-order valence-electron chi connectivity index (χ0n) is 15.8. The molecule has 7 heteroatoms. The monoisotopic (exact) mass is 474 g/mol. The van der Waals surface area contributed by atoms with E-state index in [1.165, 1.54) is 25.9 Å². The molecule has 0 saturated carbocycles. The van der Waals surface area contributed by atoms with Gasteiger partial charge in [0, 0.05) is 19.6 Å². The summed E-state index contributed by atoms with van der Waals surface area (Å²) < 4.78 is 10.8. The summed E-state index contributed by atoms with van der Waals surface area (Å²) in [6, 6.07) is 5.99. The second-order valence-corrected chi connectivity index (χ2v) is 6.83. The molecule has 0 spiro atoms. The van der Waals surface area contributed by atoms with Crippen LogP contribution in [-0.4, -0.2) is 50.4 Å². The van der Waals surface area contributed by atoms with Gasteiger partial charge in [0.1, 0.15) is 0 Å². The van der Waals surface area contributed by atoms with Crippen LogP contribution in [0.4, 0.5) is 0 Å². The predicted molar refractivity (Wildman–Crippen MR) is 116 cm³/mol. The largest absolute Gasteiger partial charge is 0.454 e. The number of rotatable bonds is 6. The summed E-state index contributed by atoms with van der Waals surface area (Å²) >= 11 is 0. The molecule has 0 unspecified atom stereocenters. The fraction of sp³-hybridized carbons (Fsp3) is 0.632. The minimum absolute atomic E-state index is 0. The number of likely N-dealkylation sites (tertiary alicyclic amines) is 1. The first-order chi connectivity index (χ1) is 12.2. The molecule has 0 atom stereocenters. The third kappa shape index (κ3) is 6.19. The molecular weight excluding hydrogens is 443 g/mol. The van der Waals surface area contributed by atoms with Crippen LogP contribution in [0.5, 0.6) is 11.5 Å². The van der Waals surface area contributed by atoms with Crippen LogP contribution in [0.3, 0.4) is 0 Å². The van der Waals surface area contributed by atoms with Crippen molar-refractivity contribution in [3.63, 3.8) is 0 Å². The summed E-state index contributed by atoms with van der Waals surface area (Å²) in [6.45, 7) is 10.6. The highest BCUT2D eigenvalue weighted by atomic mass is 127. The lowest BCUT2D eigenvalue weighted by atomic mass is 9.99. The normalized spacial score (nSPS) is 17.7. The second kappa shape index (κ2) is 10.8. The smallest absolute Gasteiger partial charge is 0.231 e. The molecule has 0 amide bonds. The number of guanidine groups is 1. The Morgan fingerprint density at radius 3 is 2.73 bits per heavy atom. The number of aliphatic imine (C=N–C) groups is 1. The highest BCUT2D eigenvalue weighted by Gasteiger charge is 2.15. The second-order valence-electron chi connectivity index (χ2n) is 6.83. The molecule has 26 heavy (non-hydrogen) atoms. The summed E-state index contributed by atoms with van der Waals surface area (Å²) in [5.41, 5.74) is 1.12. The summed E-state index contributed by atoms with van der Waals surface area (Å²) in [4.78, 5) is 7.22. The molecule has 2 heterocycles. The van der Waals surface area contributed by atoms with Gasteiger partial charge in [-0.3, -0.25) is 0 Å². The highest BCUT2D eigenvalue weighted by Crippen LogP contribution is 2.32. The Kier molecular flexibility index (Phi) is 8.77. The predicted octanol–water partition coefficient (Wildman–Crippen LogP) is 2.82. The Labute approximate surface area is 173 Å². The van der Waals surface area contributed by atoms with Crippen LogP contribution in [0.15, 0.2) is 23.2 Å². The van der Waals surface area contributed by atoms with Gasteiger partial charge in [-0.2, -0.15) is 0 Å². The minimum atomic E-state index is 0. The molecule has 1 aromatic carbocycles. The molecule has 0 aromatic heterocycles. The van der Waals surface area contributed by atoms with E-state index in [9.17, 15) is 0 Å². The van der Waals surface area contributed by atoms with Crippen molar-refractivity contribution in [2.45, 2.75) is 33.2 Å². The molecule has 2 N–H and O–H groups in total. The lowest BCUT2D eigenvalue weighted by Crippen LogP contribution is -2.43. The Morgan fingerprint density at radius 1 is 1.19 bits per heavy atom. The van der Waals surface area contributed by atoms with Crippen molar-refractivity contribution in [1.29, 1.82) is 0 Å². The Hall–Kier alpha value is -1.22. The van der Waals surface area contributed by atoms with E-state index in [1.807, 2.05) is 18.2 Å². The molecule has 2 aliphatic rings. The number of nitrogens with zero attached hydrogens (tertiary/aromatic N) is 2. The molecule has 146 valence electrons. The molecule has 3 rings (SSSR count). The maximum absolute atomic E-state index is 5.43. The molecule has 1 aromatic rings. The van der Waals surface area contributed by atoms with Crippen LogP contribution in [-0.2, 0) is 6.54 Å². The molecule has 1 fully saturated rings. The zero-order valence-corrected chi connectivity index (χ0v) is 18.1. The van der Waals surface area contributed by atoms with E-state index in [-0.39, 0.29) is 24.0 Å². The van der Waals surface area contributed by atoms with Gasteiger partial charge in [0.15, 0.2) is 17.5 Å². The molecular formula is C19H31IN4O2. The van der Waals surface area contributed by atoms with Gasteiger partial charge < -0.3 is 25.0 Å². The number of nitrogens with one attached hydrogen (secondary N) is 2. The average Bonchev–Trinajstić information content (AvgIpc) is 3.09. The average molecular weight is 474 g/mol. The summed E-state index contributed by atoms with van der Waals surface area (Å²) in [5, 5.41) is 6.76. The third-order valence-corrected chi connectivity index (χ3v) is 4.80. The van der Waals surface area contributed by atoms with Crippen LogP contribution in [0, 0.1) is 5.92 Å². The van der Waals surface area contributed by atoms with E-state index < -0.39 is 0 Å². The van der Waals surface area contributed by atoms with E-state index in [4.69, 9.17) is 9.47 Å². The van der Waals surface area contributed by atoms with Crippen LogP contribution < -0.4 is 20.1 Å². The van der Waals surface area contributed by atoms with Gasteiger partial charge >= 0.3 is 0 Å². The molecule has 6 nitrogen and oxygen atoms in total. The molecule has 2 aliphatic heterocycles. The van der Waals surface area contributed by atoms with E-state index in [0.717, 1.165) is 48.6 Å². The Balaban J connectivity index is 0.00000243. The zero-order chi connectivity index (χ0) is 17.5. The highest BCUT2D eigenvalue weighted by molar-refractivity contribution is 14.0. The van der Waals surface area contributed by atoms with Crippen molar-refractivity contribution in [1.82, 2.24) is 15.5 Å². The number of piperidine rings is 1.